The second kappa shape index (κ2) is 7.18. The van der Waals surface area contributed by atoms with E-state index >= 15 is 0 Å². The van der Waals surface area contributed by atoms with E-state index in [0.717, 1.165) is 5.56 Å². The highest BCUT2D eigenvalue weighted by Gasteiger charge is 2.22. The fraction of sp³-hybridized carbons (Fsp3) is 0.143. The molecular formula is C21H19NO3. The summed E-state index contributed by atoms with van der Waals surface area (Å²) in [5.41, 5.74) is 2.36. The van der Waals surface area contributed by atoms with E-state index in [2.05, 4.69) is 24.4 Å². The number of nitrogens with one attached hydrogen (secondary N) is 1. The highest BCUT2D eigenvalue weighted by molar-refractivity contribution is 6.05. The molecule has 1 amide bonds. The Kier molecular flexibility index (Phi) is 4.80. The first-order valence-corrected chi connectivity index (χ1v) is 8.15. The summed E-state index contributed by atoms with van der Waals surface area (Å²) in [6, 6.07) is 13.7. The number of amides is 1. The lowest BCUT2D eigenvalue weighted by Gasteiger charge is -2.23. The lowest BCUT2D eigenvalue weighted by atomic mass is 9.82. The molecule has 4 nitrogen and oxygen atoms in total. The van der Waals surface area contributed by atoms with Crippen molar-refractivity contribution >= 4 is 17.6 Å². The van der Waals surface area contributed by atoms with Crippen LogP contribution in [0.2, 0.25) is 0 Å². The maximum absolute atomic E-state index is 12.7. The highest BCUT2D eigenvalue weighted by Crippen LogP contribution is 2.32. The van der Waals surface area contributed by atoms with Crippen LogP contribution >= 0.6 is 0 Å². The molecule has 3 rings (SSSR count). The van der Waals surface area contributed by atoms with Crippen molar-refractivity contribution in [1.82, 2.24) is 0 Å². The van der Waals surface area contributed by atoms with Gasteiger partial charge in [0.05, 0.1) is 5.56 Å². The quantitative estimate of drug-likeness (QED) is 0.867. The molecule has 0 heterocycles. The summed E-state index contributed by atoms with van der Waals surface area (Å²) in [4.78, 5) is 23.6. The zero-order valence-electron chi connectivity index (χ0n) is 13.8. The number of anilines is 1. The summed E-state index contributed by atoms with van der Waals surface area (Å²) in [6.45, 7) is 2.13. The topological polar surface area (TPSA) is 66.4 Å². The Morgan fingerprint density at radius 1 is 0.960 bits per heavy atom. The van der Waals surface area contributed by atoms with Gasteiger partial charge in [0.2, 0.25) is 0 Å². The Balaban J connectivity index is 1.84. The number of carboxylic acid groups (broad SMARTS) is 1. The largest absolute Gasteiger partial charge is 0.478 e. The smallest absolute Gasteiger partial charge is 0.335 e. The Morgan fingerprint density at radius 3 is 2.32 bits per heavy atom. The van der Waals surface area contributed by atoms with Gasteiger partial charge in [-0.25, -0.2) is 4.79 Å². The van der Waals surface area contributed by atoms with Crippen molar-refractivity contribution in [3.8, 4) is 0 Å². The molecule has 0 fully saturated rings. The lowest BCUT2D eigenvalue weighted by Crippen LogP contribution is -2.18. The Labute approximate surface area is 146 Å². The number of hydrogen-bond acceptors (Lipinski definition) is 2. The SMILES string of the molecule is CC1C=CC=CC1c1ccccc1C(=O)Nc1ccc(C(=O)O)cc1. The molecule has 0 aromatic heterocycles. The van der Waals surface area contributed by atoms with Crippen LogP contribution in [0.25, 0.3) is 0 Å². The average Bonchev–Trinajstić information content (AvgIpc) is 2.62. The number of rotatable bonds is 4. The van der Waals surface area contributed by atoms with Crippen LogP contribution in [0.1, 0.15) is 39.1 Å². The molecule has 2 aromatic rings. The van der Waals surface area contributed by atoms with Crippen molar-refractivity contribution in [3.63, 3.8) is 0 Å². The summed E-state index contributed by atoms with van der Waals surface area (Å²) >= 11 is 0. The standard InChI is InChI=1S/C21H19NO3/c1-14-6-2-3-7-17(14)18-8-4-5-9-19(18)20(23)22-16-12-10-15(11-13-16)21(24)25/h2-14,17H,1H3,(H,22,23)(H,24,25). The summed E-state index contributed by atoms with van der Waals surface area (Å²) in [5, 5.41) is 11.8. The van der Waals surface area contributed by atoms with E-state index in [1.807, 2.05) is 36.4 Å². The van der Waals surface area contributed by atoms with Crippen LogP contribution in [0.4, 0.5) is 5.69 Å². The molecule has 0 saturated heterocycles. The van der Waals surface area contributed by atoms with E-state index in [0.29, 0.717) is 17.2 Å². The number of allylic oxidation sites excluding steroid dienone is 4. The molecule has 1 aliphatic rings. The Morgan fingerprint density at radius 2 is 1.64 bits per heavy atom. The molecule has 4 heteroatoms. The first-order chi connectivity index (χ1) is 12.1. The van der Waals surface area contributed by atoms with Crippen molar-refractivity contribution in [3.05, 3.63) is 89.5 Å². The first kappa shape index (κ1) is 16.7. The fourth-order valence-corrected chi connectivity index (χ4v) is 2.99. The summed E-state index contributed by atoms with van der Waals surface area (Å²) < 4.78 is 0. The third kappa shape index (κ3) is 3.69. The van der Waals surface area contributed by atoms with Crippen molar-refractivity contribution in [1.29, 1.82) is 0 Å². The van der Waals surface area contributed by atoms with Gasteiger partial charge < -0.3 is 10.4 Å². The van der Waals surface area contributed by atoms with Crippen LogP contribution in [-0.2, 0) is 0 Å². The molecule has 0 radical (unpaired) electrons. The number of aromatic carboxylic acids is 1. The van der Waals surface area contributed by atoms with Crippen LogP contribution in [0.3, 0.4) is 0 Å². The minimum atomic E-state index is -0.991. The van der Waals surface area contributed by atoms with E-state index in [-0.39, 0.29) is 17.4 Å². The predicted octanol–water partition coefficient (Wildman–Crippen LogP) is 4.48. The number of carboxylic acids is 1. The van der Waals surface area contributed by atoms with Crippen molar-refractivity contribution < 1.29 is 14.7 Å². The van der Waals surface area contributed by atoms with Crippen LogP contribution in [0.5, 0.6) is 0 Å². The summed E-state index contributed by atoms with van der Waals surface area (Å²) in [5.74, 6) is -0.724. The maximum Gasteiger partial charge on any atom is 0.335 e. The molecule has 2 aromatic carbocycles. The third-order valence-corrected chi connectivity index (χ3v) is 4.36. The maximum atomic E-state index is 12.7. The zero-order chi connectivity index (χ0) is 17.8. The van der Waals surface area contributed by atoms with Gasteiger partial charge in [-0.05, 0) is 41.8 Å². The van der Waals surface area contributed by atoms with E-state index in [1.54, 1.807) is 12.1 Å². The van der Waals surface area contributed by atoms with Gasteiger partial charge in [0.1, 0.15) is 0 Å². The first-order valence-electron chi connectivity index (χ1n) is 8.15. The minimum Gasteiger partial charge on any atom is -0.478 e. The Hall–Kier alpha value is -3.14. The minimum absolute atomic E-state index is 0.154. The van der Waals surface area contributed by atoms with E-state index in [9.17, 15) is 9.59 Å². The molecule has 2 unspecified atom stereocenters. The highest BCUT2D eigenvalue weighted by atomic mass is 16.4. The second-order valence-corrected chi connectivity index (χ2v) is 6.08. The lowest BCUT2D eigenvalue weighted by molar-refractivity contribution is 0.0696. The average molecular weight is 333 g/mol. The molecule has 0 saturated carbocycles. The van der Waals surface area contributed by atoms with Crippen LogP contribution < -0.4 is 5.32 Å². The van der Waals surface area contributed by atoms with Crippen molar-refractivity contribution in [2.24, 2.45) is 5.92 Å². The number of carbonyl (C=O) groups is 2. The molecule has 2 N–H and O–H groups in total. The Bertz CT molecular complexity index is 850. The predicted molar refractivity (Wildman–Crippen MR) is 98.0 cm³/mol. The van der Waals surface area contributed by atoms with Crippen molar-refractivity contribution in [2.45, 2.75) is 12.8 Å². The van der Waals surface area contributed by atoms with Gasteiger partial charge in [0.15, 0.2) is 0 Å². The van der Waals surface area contributed by atoms with Gasteiger partial charge in [-0.3, -0.25) is 4.79 Å². The van der Waals surface area contributed by atoms with Crippen molar-refractivity contribution in [2.75, 3.05) is 5.32 Å². The second-order valence-electron chi connectivity index (χ2n) is 6.08. The molecule has 0 bridgehead atoms. The van der Waals surface area contributed by atoms with Gasteiger partial charge >= 0.3 is 5.97 Å². The normalized spacial score (nSPS) is 18.8. The van der Waals surface area contributed by atoms with Crippen LogP contribution in [-0.4, -0.2) is 17.0 Å². The molecule has 2 atom stereocenters. The van der Waals surface area contributed by atoms with Gasteiger partial charge in [-0.2, -0.15) is 0 Å². The molecular weight excluding hydrogens is 314 g/mol. The van der Waals surface area contributed by atoms with Gasteiger partial charge in [-0.1, -0.05) is 49.4 Å². The zero-order valence-corrected chi connectivity index (χ0v) is 13.8. The van der Waals surface area contributed by atoms with Gasteiger partial charge in [-0.15, -0.1) is 0 Å². The van der Waals surface area contributed by atoms with Crippen LogP contribution in [0.15, 0.2) is 72.8 Å². The monoisotopic (exact) mass is 333 g/mol. The molecule has 0 spiro atoms. The van der Waals surface area contributed by atoms with E-state index < -0.39 is 5.97 Å². The summed E-state index contributed by atoms with van der Waals surface area (Å²) in [7, 11) is 0. The van der Waals surface area contributed by atoms with Gasteiger partial charge in [0.25, 0.3) is 5.91 Å². The molecule has 25 heavy (non-hydrogen) atoms. The molecule has 1 aliphatic carbocycles. The molecule has 126 valence electrons. The summed E-state index contributed by atoms with van der Waals surface area (Å²) in [6.07, 6.45) is 8.26. The number of carbonyl (C=O) groups excluding carboxylic acids is 1. The number of benzene rings is 2. The number of hydrogen-bond donors (Lipinski definition) is 2. The van der Waals surface area contributed by atoms with Gasteiger partial charge in [0, 0.05) is 17.2 Å². The molecule has 0 aliphatic heterocycles. The van der Waals surface area contributed by atoms with E-state index in [1.165, 1.54) is 12.1 Å². The fourth-order valence-electron chi connectivity index (χ4n) is 2.99. The van der Waals surface area contributed by atoms with E-state index in [4.69, 9.17) is 5.11 Å². The third-order valence-electron chi connectivity index (χ3n) is 4.36. The van der Waals surface area contributed by atoms with Crippen LogP contribution in [0, 0.1) is 5.92 Å².